The van der Waals surface area contributed by atoms with Crippen LogP contribution in [0.15, 0.2) is 30.3 Å². The van der Waals surface area contributed by atoms with E-state index in [4.69, 9.17) is 11.6 Å². The number of rotatable bonds is 2. The van der Waals surface area contributed by atoms with Gasteiger partial charge in [-0.2, -0.15) is 5.10 Å². The molecule has 0 aliphatic heterocycles. The van der Waals surface area contributed by atoms with Crippen LogP contribution in [-0.4, -0.2) is 15.0 Å². The SMILES string of the molecule is CC=Cn1nc(C(=O)Cl)c2ccccc21. The Hall–Kier alpha value is -1.61. The summed E-state index contributed by atoms with van der Waals surface area (Å²) in [5.41, 5.74) is 1.17. The molecule has 0 aliphatic carbocycles. The summed E-state index contributed by atoms with van der Waals surface area (Å²) < 4.78 is 1.64. The van der Waals surface area contributed by atoms with Gasteiger partial charge in [0.05, 0.1) is 5.52 Å². The Morgan fingerprint density at radius 3 is 2.87 bits per heavy atom. The number of carbonyl (C=O) groups excluding carboxylic acids is 1. The number of halogens is 1. The van der Waals surface area contributed by atoms with Gasteiger partial charge in [-0.1, -0.05) is 24.3 Å². The van der Waals surface area contributed by atoms with Gasteiger partial charge in [-0.25, -0.2) is 4.68 Å². The molecule has 0 aliphatic rings. The molecule has 0 unspecified atom stereocenters. The largest absolute Gasteiger partial charge is 0.274 e. The van der Waals surface area contributed by atoms with Gasteiger partial charge in [0.1, 0.15) is 0 Å². The second-order valence-corrected chi connectivity index (χ2v) is 3.41. The van der Waals surface area contributed by atoms with Crippen molar-refractivity contribution in [3.63, 3.8) is 0 Å². The average Bonchev–Trinajstić information content (AvgIpc) is 2.59. The van der Waals surface area contributed by atoms with E-state index in [-0.39, 0.29) is 0 Å². The van der Waals surface area contributed by atoms with Gasteiger partial charge in [0.15, 0.2) is 5.69 Å². The smallest absolute Gasteiger partial charge is 0.273 e. The van der Waals surface area contributed by atoms with Crippen molar-refractivity contribution >= 4 is 33.9 Å². The molecule has 0 radical (unpaired) electrons. The maximum absolute atomic E-state index is 11.1. The van der Waals surface area contributed by atoms with E-state index in [2.05, 4.69) is 5.10 Å². The van der Waals surface area contributed by atoms with Crippen molar-refractivity contribution in [2.75, 3.05) is 0 Å². The van der Waals surface area contributed by atoms with Gasteiger partial charge < -0.3 is 0 Å². The van der Waals surface area contributed by atoms with E-state index in [9.17, 15) is 4.79 Å². The van der Waals surface area contributed by atoms with Crippen LogP contribution in [0.5, 0.6) is 0 Å². The molecule has 1 aromatic carbocycles. The molecule has 1 aromatic heterocycles. The maximum Gasteiger partial charge on any atom is 0.273 e. The molecule has 0 saturated heterocycles. The van der Waals surface area contributed by atoms with E-state index >= 15 is 0 Å². The number of para-hydroxylation sites is 1. The molecule has 0 fully saturated rings. The van der Waals surface area contributed by atoms with Crippen molar-refractivity contribution in [2.24, 2.45) is 0 Å². The Labute approximate surface area is 92.0 Å². The average molecular weight is 221 g/mol. The van der Waals surface area contributed by atoms with Gasteiger partial charge in [-0.05, 0) is 24.6 Å². The molecule has 0 atom stereocenters. The quantitative estimate of drug-likeness (QED) is 0.730. The first-order valence-electron chi connectivity index (χ1n) is 4.54. The monoisotopic (exact) mass is 220 g/mol. The van der Waals surface area contributed by atoms with Crippen molar-refractivity contribution in [3.05, 3.63) is 36.0 Å². The highest BCUT2D eigenvalue weighted by Gasteiger charge is 2.13. The molecule has 0 N–H and O–H groups in total. The van der Waals surface area contributed by atoms with E-state index in [1.54, 1.807) is 10.9 Å². The standard InChI is InChI=1S/C11H9ClN2O/c1-2-7-14-9-6-4-3-5-8(9)10(13-14)11(12)15/h2-7H,1H3. The van der Waals surface area contributed by atoms with Crippen LogP contribution in [0.4, 0.5) is 0 Å². The lowest BCUT2D eigenvalue weighted by Gasteiger charge is -1.92. The van der Waals surface area contributed by atoms with Gasteiger partial charge in [0.25, 0.3) is 5.24 Å². The molecule has 0 bridgehead atoms. The fourth-order valence-corrected chi connectivity index (χ4v) is 1.63. The van der Waals surface area contributed by atoms with Gasteiger partial charge in [-0.15, -0.1) is 0 Å². The van der Waals surface area contributed by atoms with Crippen molar-refractivity contribution in [1.29, 1.82) is 0 Å². The third-order valence-electron chi connectivity index (χ3n) is 2.09. The number of carbonyl (C=O) groups is 1. The lowest BCUT2D eigenvalue weighted by atomic mass is 10.2. The topological polar surface area (TPSA) is 34.9 Å². The highest BCUT2D eigenvalue weighted by atomic mass is 35.5. The first-order valence-corrected chi connectivity index (χ1v) is 4.91. The van der Waals surface area contributed by atoms with Crippen molar-refractivity contribution in [2.45, 2.75) is 6.92 Å². The first kappa shape index (κ1) is 9.93. The van der Waals surface area contributed by atoms with Gasteiger partial charge in [-0.3, -0.25) is 4.79 Å². The Kier molecular flexibility index (Phi) is 2.56. The second-order valence-electron chi connectivity index (χ2n) is 3.07. The molecule has 76 valence electrons. The molecule has 1 heterocycles. The van der Waals surface area contributed by atoms with Gasteiger partial charge in [0.2, 0.25) is 0 Å². The predicted molar refractivity (Wildman–Crippen MR) is 60.9 cm³/mol. The summed E-state index contributed by atoms with van der Waals surface area (Å²) in [7, 11) is 0. The number of aromatic nitrogens is 2. The van der Waals surface area contributed by atoms with Gasteiger partial charge >= 0.3 is 0 Å². The van der Waals surface area contributed by atoms with Crippen LogP contribution in [0.1, 0.15) is 17.4 Å². The van der Waals surface area contributed by atoms with Crippen LogP contribution in [0.25, 0.3) is 17.1 Å². The fourth-order valence-electron chi connectivity index (χ4n) is 1.49. The molecule has 2 aromatic rings. The van der Waals surface area contributed by atoms with Crippen LogP contribution in [0.2, 0.25) is 0 Å². The van der Waals surface area contributed by atoms with Gasteiger partial charge in [0, 0.05) is 11.6 Å². The number of fused-ring (bicyclic) bond motifs is 1. The summed E-state index contributed by atoms with van der Waals surface area (Å²) in [4.78, 5) is 11.1. The highest BCUT2D eigenvalue weighted by Crippen LogP contribution is 2.19. The third kappa shape index (κ3) is 1.66. The Balaban J connectivity index is 2.79. The Morgan fingerprint density at radius 1 is 1.47 bits per heavy atom. The lowest BCUT2D eigenvalue weighted by molar-refractivity contribution is 0.107. The number of nitrogens with zero attached hydrogens (tertiary/aromatic N) is 2. The van der Waals surface area contributed by atoms with E-state index in [1.807, 2.05) is 37.3 Å². The highest BCUT2D eigenvalue weighted by molar-refractivity contribution is 6.68. The zero-order valence-corrected chi connectivity index (χ0v) is 8.90. The molecule has 0 saturated carbocycles. The second kappa shape index (κ2) is 3.87. The van der Waals surface area contributed by atoms with E-state index in [1.165, 1.54) is 0 Å². The summed E-state index contributed by atoms with van der Waals surface area (Å²) >= 11 is 5.46. The summed E-state index contributed by atoms with van der Waals surface area (Å²) in [6, 6.07) is 7.48. The Morgan fingerprint density at radius 2 is 2.20 bits per heavy atom. The predicted octanol–water partition coefficient (Wildman–Crippen LogP) is 2.91. The summed E-state index contributed by atoms with van der Waals surface area (Å²) in [5, 5.41) is 4.37. The zero-order chi connectivity index (χ0) is 10.8. The number of benzene rings is 1. The number of hydrogen-bond acceptors (Lipinski definition) is 2. The Bertz CT molecular complexity index is 543. The van der Waals surface area contributed by atoms with E-state index in [0.29, 0.717) is 5.69 Å². The normalized spacial score (nSPS) is 11.3. The van der Waals surface area contributed by atoms with Crippen LogP contribution in [-0.2, 0) is 0 Å². The lowest BCUT2D eigenvalue weighted by Crippen LogP contribution is -1.93. The van der Waals surface area contributed by atoms with Crippen molar-refractivity contribution in [1.82, 2.24) is 9.78 Å². The van der Waals surface area contributed by atoms with Crippen molar-refractivity contribution < 1.29 is 4.79 Å². The molecule has 3 nitrogen and oxygen atoms in total. The summed E-state index contributed by atoms with van der Waals surface area (Å²) in [6.45, 7) is 1.89. The minimum atomic E-state index is -0.533. The number of allylic oxidation sites excluding steroid dienone is 1. The molecule has 0 amide bonds. The molecule has 15 heavy (non-hydrogen) atoms. The zero-order valence-electron chi connectivity index (χ0n) is 8.14. The van der Waals surface area contributed by atoms with Crippen LogP contribution in [0, 0.1) is 0 Å². The molecular formula is C11H9ClN2O. The van der Waals surface area contributed by atoms with Crippen LogP contribution in [0.3, 0.4) is 0 Å². The van der Waals surface area contributed by atoms with Crippen LogP contribution >= 0.6 is 11.6 Å². The first-order chi connectivity index (χ1) is 7.24. The number of hydrogen-bond donors (Lipinski definition) is 0. The van der Waals surface area contributed by atoms with Crippen LogP contribution < -0.4 is 0 Å². The molecule has 0 spiro atoms. The minimum absolute atomic E-state index is 0.297. The minimum Gasteiger partial charge on any atom is -0.274 e. The molecule has 4 heteroatoms. The summed E-state index contributed by atoms with van der Waals surface area (Å²) in [6.07, 6.45) is 3.63. The fraction of sp³-hybridized carbons (Fsp3) is 0.0909. The summed E-state index contributed by atoms with van der Waals surface area (Å²) in [5.74, 6) is 0. The third-order valence-corrected chi connectivity index (χ3v) is 2.27. The van der Waals surface area contributed by atoms with E-state index < -0.39 is 5.24 Å². The van der Waals surface area contributed by atoms with E-state index in [0.717, 1.165) is 10.9 Å². The molecular weight excluding hydrogens is 212 g/mol. The maximum atomic E-state index is 11.1. The van der Waals surface area contributed by atoms with Crippen molar-refractivity contribution in [3.8, 4) is 0 Å². The molecule has 2 rings (SSSR count).